The van der Waals surface area contributed by atoms with Crippen molar-refractivity contribution in [3.8, 4) is 0 Å². The Morgan fingerprint density at radius 2 is 1.96 bits per heavy atom. The van der Waals surface area contributed by atoms with E-state index in [1.165, 1.54) is 5.56 Å². The lowest BCUT2D eigenvalue weighted by Crippen LogP contribution is -2.52. The topological polar surface area (TPSA) is 44.3 Å². The Labute approximate surface area is 138 Å². The zero-order valence-corrected chi connectivity index (χ0v) is 13.9. The second-order valence-corrected chi connectivity index (χ2v) is 6.30. The predicted octanol–water partition coefficient (Wildman–Crippen LogP) is 1.73. The minimum atomic E-state index is 0.515. The van der Waals surface area contributed by atoms with Gasteiger partial charge in [0.2, 0.25) is 0 Å². The van der Waals surface area contributed by atoms with Crippen LogP contribution in [0, 0.1) is 0 Å². The maximum Gasteiger partial charge on any atom is 0.135 e. The average Bonchev–Trinajstić information content (AvgIpc) is 2.57. The first-order chi connectivity index (χ1) is 11.2. The maximum absolute atomic E-state index is 4.64. The zero-order valence-electron chi connectivity index (χ0n) is 13.9. The number of piperazine rings is 1. The van der Waals surface area contributed by atoms with Crippen molar-refractivity contribution in [2.45, 2.75) is 12.5 Å². The molecule has 2 aromatic rings. The molecule has 0 spiro atoms. The number of anilines is 1. The Morgan fingerprint density at radius 3 is 2.78 bits per heavy atom. The highest BCUT2D eigenvalue weighted by molar-refractivity contribution is 5.34. The van der Waals surface area contributed by atoms with Gasteiger partial charge in [0.1, 0.15) is 11.6 Å². The standard InChI is InChI=1S/C18H25N5/c1-22-10-11-23(2)16(14-22)13-20-17-8-9-19-18(21-17)12-15-6-4-3-5-7-15/h3-9,16H,10-14H2,1-2H3,(H,19,20,21). The molecular weight excluding hydrogens is 286 g/mol. The first kappa shape index (κ1) is 15.9. The Kier molecular flexibility index (Phi) is 5.20. The molecular formula is C18H25N5. The van der Waals surface area contributed by atoms with E-state index in [0.717, 1.165) is 44.2 Å². The lowest BCUT2D eigenvalue weighted by molar-refractivity contribution is 0.122. The van der Waals surface area contributed by atoms with Crippen LogP contribution in [0.15, 0.2) is 42.6 Å². The predicted molar refractivity (Wildman–Crippen MR) is 93.7 cm³/mol. The number of nitrogens with one attached hydrogen (secondary N) is 1. The summed E-state index contributed by atoms with van der Waals surface area (Å²) in [7, 11) is 4.38. The summed E-state index contributed by atoms with van der Waals surface area (Å²) in [5.74, 6) is 1.77. The van der Waals surface area contributed by atoms with Gasteiger partial charge < -0.3 is 10.2 Å². The molecule has 1 N–H and O–H groups in total. The van der Waals surface area contributed by atoms with E-state index in [4.69, 9.17) is 0 Å². The van der Waals surface area contributed by atoms with E-state index >= 15 is 0 Å². The largest absolute Gasteiger partial charge is 0.368 e. The number of aromatic nitrogens is 2. The summed E-state index contributed by atoms with van der Waals surface area (Å²) in [5, 5.41) is 3.47. The molecule has 5 heteroatoms. The second-order valence-electron chi connectivity index (χ2n) is 6.30. The lowest BCUT2D eigenvalue weighted by Gasteiger charge is -2.37. The van der Waals surface area contributed by atoms with Gasteiger partial charge in [0.25, 0.3) is 0 Å². The molecule has 1 saturated heterocycles. The molecule has 1 aromatic heterocycles. The number of nitrogens with zero attached hydrogens (tertiary/aromatic N) is 4. The average molecular weight is 311 g/mol. The Morgan fingerprint density at radius 1 is 1.13 bits per heavy atom. The minimum absolute atomic E-state index is 0.515. The molecule has 2 heterocycles. The highest BCUT2D eigenvalue weighted by atomic mass is 15.3. The molecule has 0 radical (unpaired) electrons. The molecule has 3 rings (SSSR count). The molecule has 23 heavy (non-hydrogen) atoms. The summed E-state index contributed by atoms with van der Waals surface area (Å²) in [4.78, 5) is 13.8. The van der Waals surface area contributed by atoms with Crippen molar-refractivity contribution in [3.05, 3.63) is 54.0 Å². The van der Waals surface area contributed by atoms with Crippen LogP contribution in [0.3, 0.4) is 0 Å². The summed E-state index contributed by atoms with van der Waals surface area (Å²) < 4.78 is 0. The quantitative estimate of drug-likeness (QED) is 0.911. The molecule has 0 saturated carbocycles. The van der Waals surface area contributed by atoms with E-state index in [2.05, 4.69) is 51.3 Å². The molecule has 1 aliphatic heterocycles. The van der Waals surface area contributed by atoms with E-state index in [9.17, 15) is 0 Å². The van der Waals surface area contributed by atoms with Gasteiger partial charge in [0.15, 0.2) is 0 Å². The molecule has 0 amide bonds. The fourth-order valence-corrected chi connectivity index (χ4v) is 2.91. The van der Waals surface area contributed by atoms with Gasteiger partial charge in [0.05, 0.1) is 0 Å². The van der Waals surface area contributed by atoms with Gasteiger partial charge in [-0.2, -0.15) is 0 Å². The molecule has 122 valence electrons. The fraction of sp³-hybridized carbons (Fsp3) is 0.444. The highest BCUT2D eigenvalue weighted by Crippen LogP contribution is 2.10. The number of hydrogen-bond acceptors (Lipinski definition) is 5. The van der Waals surface area contributed by atoms with E-state index in [1.807, 2.05) is 30.5 Å². The normalized spacial score (nSPS) is 19.7. The summed E-state index contributed by atoms with van der Waals surface area (Å²) in [6.45, 7) is 4.25. The van der Waals surface area contributed by atoms with Gasteiger partial charge in [0, 0.05) is 44.8 Å². The van der Waals surface area contributed by atoms with Crippen LogP contribution in [-0.2, 0) is 6.42 Å². The lowest BCUT2D eigenvalue weighted by atomic mass is 10.1. The molecule has 5 nitrogen and oxygen atoms in total. The van der Waals surface area contributed by atoms with E-state index in [0.29, 0.717) is 6.04 Å². The molecule has 1 atom stereocenters. The molecule has 0 bridgehead atoms. The highest BCUT2D eigenvalue weighted by Gasteiger charge is 2.21. The summed E-state index contributed by atoms with van der Waals surface area (Å²) in [6.07, 6.45) is 2.60. The molecule has 1 aliphatic rings. The molecule has 1 unspecified atom stereocenters. The number of benzene rings is 1. The second kappa shape index (κ2) is 7.53. The van der Waals surface area contributed by atoms with E-state index in [-0.39, 0.29) is 0 Å². The fourth-order valence-electron chi connectivity index (χ4n) is 2.91. The summed E-state index contributed by atoms with van der Waals surface area (Å²) >= 11 is 0. The van der Waals surface area contributed by atoms with Crippen molar-refractivity contribution in [2.75, 3.05) is 45.6 Å². The maximum atomic E-state index is 4.64. The van der Waals surface area contributed by atoms with E-state index < -0.39 is 0 Å². The van der Waals surface area contributed by atoms with Gasteiger partial charge in [-0.1, -0.05) is 30.3 Å². The van der Waals surface area contributed by atoms with Gasteiger partial charge in [-0.3, -0.25) is 4.90 Å². The van der Waals surface area contributed by atoms with Gasteiger partial charge in [-0.15, -0.1) is 0 Å². The summed E-state index contributed by atoms with van der Waals surface area (Å²) in [5.41, 5.74) is 1.23. The number of rotatable bonds is 5. The van der Waals surface area contributed by atoms with Crippen molar-refractivity contribution in [1.82, 2.24) is 19.8 Å². The minimum Gasteiger partial charge on any atom is -0.368 e. The number of likely N-dealkylation sites (N-methyl/N-ethyl adjacent to an activating group) is 2. The summed E-state index contributed by atoms with van der Waals surface area (Å²) in [6, 6.07) is 12.8. The van der Waals surface area contributed by atoms with Crippen molar-refractivity contribution < 1.29 is 0 Å². The van der Waals surface area contributed by atoms with E-state index in [1.54, 1.807) is 0 Å². The molecule has 1 aromatic carbocycles. The van der Waals surface area contributed by atoms with Crippen LogP contribution in [0.5, 0.6) is 0 Å². The van der Waals surface area contributed by atoms with Crippen molar-refractivity contribution in [3.63, 3.8) is 0 Å². The van der Waals surface area contributed by atoms with Crippen molar-refractivity contribution in [1.29, 1.82) is 0 Å². The molecule has 0 aliphatic carbocycles. The Balaban J connectivity index is 1.59. The third-order valence-corrected chi connectivity index (χ3v) is 4.41. The Bertz CT molecular complexity index is 616. The SMILES string of the molecule is CN1CCN(C)C(CNc2ccnc(Cc3ccccc3)n2)C1. The van der Waals surface area contributed by atoms with Gasteiger partial charge in [-0.05, 0) is 25.7 Å². The van der Waals surface area contributed by atoms with Crippen LogP contribution in [-0.4, -0.2) is 66.1 Å². The number of hydrogen-bond donors (Lipinski definition) is 1. The monoisotopic (exact) mass is 311 g/mol. The van der Waals surface area contributed by atoms with Gasteiger partial charge in [-0.25, -0.2) is 9.97 Å². The smallest absolute Gasteiger partial charge is 0.135 e. The first-order valence-corrected chi connectivity index (χ1v) is 8.19. The third-order valence-electron chi connectivity index (χ3n) is 4.41. The van der Waals surface area contributed by atoms with Crippen LogP contribution in [0.25, 0.3) is 0 Å². The Hall–Kier alpha value is -1.98. The van der Waals surface area contributed by atoms with Crippen LogP contribution in [0.1, 0.15) is 11.4 Å². The zero-order chi connectivity index (χ0) is 16.1. The van der Waals surface area contributed by atoms with Crippen molar-refractivity contribution in [2.24, 2.45) is 0 Å². The van der Waals surface area contributed by atoms with Crippen molar-refractivity contribution >= 4 is 5.82 Å². The van der Waals surface area contributed by atoms with Gasteiger partial charge >= 0.3 is 0 Å². The van der Waals surface area contributed by atoms with Crippen LogP contribution < -0.4 is 5.32 Å². The third kappa shape index (κ3) is 4.50. The van der Waals surface area contributed by atoms with Crippen LogP contribution in [0.4, 0.5) is 5.82 Å². The van der Waals surface area contributed by atoms with Crippen LogP contribution in [0.2, 0.25) is 0 Å². The first-order valence-electron chi connectivity index (χ1n) is 8.19. The molecule has 1 fully saturated rings. The van der Waals surface area contributed by atoms with Crippen LogP contribution >= 0.6 is 0 Å².